The first-order valence-electron chi connectivity index (χ1n) is 7.98. The maximum absolute atomic E-state index is 2.48. The van der Waals surface area contributed by atoms with E-state index in [1.807, 2.05) is 0 Å². The molecule has 0 saturated heterocycles. The standard InChI is InChI=1S/C18H30/c1-13(2)17-12-18(14(3)4)16-11-9-7-5-6-8-10-15(16)17/h6,8,10,13-14,16-18H,5,7,9,11-12H2,1-4H3/b8-6+,15-10?. The van der Waals surface area contributed by atoms with Crippen LogP contribution in [-0.2, 0) is 0 Å². The van der Waals surface area contributed by atoms with E-state index in [0.717, 1.165) is 29.6 Å². The molecule has 18 heavy (non-hydrogen) atoms. The first kappa shape index (κ1) is 13.9. The quantitative estimate of drug-likeness (QED) is 0.594. The van der Waals surface area contributed by atoms with E-state index in [4.69, 9.17) is 0 Å². The molecule has 0 N–H and O–H groups in total. The smallest absolute Gasteiger partial charge is 0.0166 e. The normalized spacial score (nSPS) is 34.8. The zero-order valence-electron chi connectivity index (χ0n) is 12.7. The monoisotopic (exact) mass is 246 g/mol. The zero-order chi connectivity index (χ0) is 13.1. The van der Waals surface area contributed by atoms with Crippen molar-refractivity contribution in [2.75, 3.05) is 0 Å². The summed E-state index contributed by atoms with van der Waals surface area (Å²) < 4.78 is 0. The van der Waals surface area contributed by atoms with Crippen LogP contribution in [0.25, 0.3) is 0 Å². The number of allylic oxidation sites excluding steroid dienone is 4. The van der Waals surface area contributed by atoms with Crippen LogP contribution in [0.4, 0.5) is 0 Å². The SMILES string of the molecule is CC(C)C1CC(C(C)C)C2CCCC/C=C/C=C12. The van der Waals surface area contributed by atoms with Gasteiger partial charge in [0.25, 0.3) is 0 Å². The van der Waals surface area contributed by atoms with E-state index >= 15 is 0 Å². The molecule has 2 aliphatic rings. The molecule has 0 heteroatoms. The Morgan fingerprint density at radius 3 is 2.50 bits per heavy atom. The predicted molar refractivity (Wildman–Crippen MR) is 80.5 cm³/mol. The molecule has 1 fully saturated rings. The van der Waals surface area contributed by atoms with E-state index in [1.54, 1.807) is 5.57 Å². The highest BCUT2D eigenvalue weighted by molar-refractivity contribution is 5.24. The molecule has 0 aromatic heterocycles. The number of rotatable bonds is 2. The van der Waals surface area contributed by atoms with E-state index in [2.05, 4.69) is 45.9 Å². The van der Waals surface area contributed by atoms with Crippen LogP contribution in [0.15, 0.2) is 23.8 Å². The summed E-state index contributed by atoms with van der Waals surface area (Å²) in [6, 6.07) is 0. The average Bonchev–Trinajstić information content (AvgIpc) is 2.69. The van der Waals surface area contributed by atoms with Crippen LogP contribution in [0.3, 0.4) is 0 Å². The molecule has 1 saturated carbocycles. The van der Waals surface area contributed by atoms with Crippen LogP contribution in [-0.4, -0.2) is 0 Å². The maximum atomic E-state index is 2.48. The summed E-state index contributed by atoms with van der Waals surface area (Å²) in [5, 5.41) is 0. The zero-order valence-corrected chi connectivity index (χ0v) is 12.7. The molecule has 0 bridgehead atoms. The highest BCUT2D eigenvalue weighted by Crippen LogP contribution is 2.49. The van der Waals surface area contributed by atoms with E-state index in [9.17, 15) is 0 Å². The summed E-state index contributed by atoms with van der Waals surface area (Å²) >= 11 is 0. The van der Waals surface area contributed by atoms with Gasteiger partial charge < -0.3 is 0 Å². The molecule has 3 atom stereocenters. The second-order valence-electron chi connectivity index (χ2n) is 6.98. The van der Waals surface area contributed by atoms with Gasteiger partial charge in [-0.2, -0.15) is 0 Å². The summed E-state index contributed by atoms with van der Waals surface area (Å²) in [6.07, 6.45) is 14.1. The molecule has 0 radical (unpaired) electrons. The maximum Gasteiger partial charge on any atom is -0.0166 e. The molecule has 0 spiro atoms. The highest BCUT2D eigenvalue weighted by atomic mass is 14.4. The Morgan fingerprint density at radius 1 is 1.06 bits per heavy atom. The highest BCUT2D eigenvalue weighted by Gasteiger charge is 2.40. The molecule has 102 valence electrons. The first-order valence-corrected chi connectivity index (χ1v) is 7.98. The molecule has 0 amide bonds. The van der Waals surface area contributed by atoms with Gasteiger partial charge in [0, 0.05) is 0 Å². The Hall–Kier alpha value is -0.520. The van der Waals surface area contributed by atoms with E-state index in [0.29, 0.717) is 0 Å². The Bertz CT molecular complexity index is 319. The molecular weight excluding hydrogens is 216 g/mol. The first-order chi connectivity index (χ1) is 8.61. The third kappa shape index (κ3) is 2.90. The van der Waals surface area contributed by atoms with Crippen molar-refractivity contribution in [2.24, 2.45) is 29.6 Å². The average molecular weight is 246 g/mol. The van der Waals surface area contributed by atoms with Gasteiger partial charge in [-0.1, -0.05) is 57.9 Å². The molecular formula is C18H30. The number of hydrogen-bond donors (Lipinski definition) is 0. The van der Waals surface area contributed by atoms with Gasteiger partial charge >= 0.3 is 0 Å². The van der Waals surface area contributed by atoms with Gasteiger partial charge in [0.15, 0.2) is 0 Å². The van der Waals surface area contributed by atoms with Gasteiger partial charge in [-0.15, -0.1) is 0 Å². The Morgan fingerprint density at radius 2 is 1.83 bits per heavy atom. The van der Waals surface area contributed by atoms with Gasteiger partial charge in [0.1, 0.15) is 0 Å². The van der Waals surface area contributed by atoms with Crippen molar-refractivity contribution in [1.29, 1.82) is 0 Å². The van der Waals surface area contributed by atoms with Crippen molar-refractivity contribution < 1.29 is 0 Å². The lowest BCUT2D eigenvalue weighted by Gasteiger charge is -2.24. The Kier molecular flexibility index (Phi) is 4.70. The lowest BCUT2D eigenvalue weighted by atomic mass is 9.81. The van der Waals surface area contributed by atoms with Crippen molar-refractivity contribution in [3.05, 3.63) is 23.8 Å². The fourth-order valence-corrected chi connectivity index (χ4v) is 4.04. The summed E-state index contributed by atoms with van der Waals surface area (Å²) in [5.41, 5.74) is 1.78. The molecule has 0 heterocycles. The van der Waals surface area contributed by atoms with Crippen LogP contribution in [0.1, 0.15) is 59.8 Å². The molecule has 0 nitrogen and oxygen atoms in total. The molecule has 2 aliphatic carbocycles. The fraction of sp³-hybridized carbons (Fsp3) is 0.778. The number of fused-ring (bicyclic) bond motifs is 1. The third-order valence-electron chi connectivity index (χ3n) is 5.12. The Labute approximate surface area is 114 Å². The predicted octanol–water partition coefficient (Wildman–Crippen LogP) is 5.61. The molecule has 0 aliphatic heterocycles. The summed E-state index contributed by atoms with van der Waals surface area (Å²) in [4.78, 5) is 0. The minimum Gasteiger partial charge on any atom is -0.0845 e. The second-order valence-corrected chi connectivity index (χ2v) is 6.98. The Balaban J connectivity index is 2.27. The second kappa shape index (κ2) is 6.08. The molecule has 3 unspecified atom stereocenters. The van der Waals surface area contributed by atoms with Crippen LogP contribution >= 0.6 is 0 Å². The lowest BCUT2D eigenvalue weighted by molar-refractivity contribution is 0.284. The molecule has 2 rings (SSSR count). The summed E-state index contributed by atoms with van der Waals surface area (Å²) in [7, 11) is 0. The van der Waals surface area contributed by atoms with Crippen LogP contribution < -0.4 is 0 Å². The summed E-state index contributed by atoms with van der Waals surface area (Å²) in [6.45, 7) is 9.66. The summed E-state index contributed by atoms with van der Waals surface area (Å²) in [5.74, 6) is 4.28. The minimum atomic E-state index is 0.802. The van der Waals surface area contributed by atoms with Crippen molar-refractivity contribution in [2.45, 2.75) is 59.8 Å². The van der Waals surface area contributed by atoms with Gasteiger partial charge in [0.05, 0.1) is 0 Å². The minimum absolute atomic E-state index is 0.802. The topological polar surface area (TPSA) is 0 Å². The van der Waals surface area contributed by atoms with Gasteiger partial charge in [0.2, 0.25) is 0 Å². The van der Waals surface area contributed by atoms with Crippen LogP contribution in [0, 0.1) is 29.6 Å². The van der Waals surface area contributed by atoms with E-state index in [-0.39, 0.29) is 0 Å². The van der Waals surface area contributed by atoms with Crippen molar-refractivity contribution in [1.82, 2.24) is 0 Å². The fourth-order valence-electron chi connectivity index (χ4n) is 4.04. The van der Waals surface area contributed by atoms with Gasteiger partial charge in [-0.05, 0) is 55.3 Å². The van der Waals surface area contributed by atoms with Crippen LogP contribution in [0.5, 0.6) is 0 Å². The molecule has 0 aromatic carbocycles. The van der Waals surface area contributed by atoms with E-state index in [1.165, 1.54) is 32.1 Å². The lowest BCUT2D eigenvalue weighted by Crippen LogP contribution is -2.15. The van der Waals surface area contributed by atoms with Crippen molar-refractivity contribution in [3.8, 4) is 0 Å². The largest absolute Gasteiger partial charge is 0.0845 e. The van der Waals surface area contributed by atoms with Gasteiger partial charge in [-0.25, -0.2) is 0 Å². The van der Waals surface area contributed by atoms with Crippen molar-refractivity contribution >= 4 is 0 Å². The van der Waals surface area contributed by atoms with Crippen molar-refractivity contribution in [3.63, 3.8) is 0 Å². The van der Waals surface area contributed by atoms with E-state index < -0.39 is 0 Å². The van der Waals surface area contributed by atoms with Gasteiger partial charge in [-0.3, -0.25) is 0 Å². The third-order valence-corrected chi connectivity index (χ3v) is 5.12. The van der Waals surface area contributed by atoms with Crippen LogP contribution in [0.2, 0.25) is 0 Å². The molecule has 0 aromatic rings. The number of hydrogen-bond acceptors (Lipinski definition) is 0.